The number of carbonyl (C=O) groups excluding carboxylic acids is 1. The Balaban J connectivity index is 2.42. The predicted octanol–water partition coefficient (Wildman–Crippen LogP) is 2.76. The first-order valence-electron chi connectivity index (χ1n) is 7.23. The zero-order valence-electron chi connectivity index (χ0n) is 13.8. The van der Waals surface area contributed by atoms with Crippen molar-refractivity contribution in [1.82, 2.24) is 9.47 Å². The van der Waals surface area contributed by atoms with E-state index in [4.69, 9.17) is 10.5 Å². The normalized spacial score (nSPS) is 10.8. The molecule has 2 N–H and O–H groups in total. The highest BCUT2D eigenvalue weighted by atomic mass is 16.5. The van der Waals surface area contributed by atoms with E-state index in [1.807, 2.05) is 49.9 Å². The van der Waals surface area contributed by atoms with E-state index in [0.717, 1.165) is 16.9 Å². The minimum absolute atomic E-state index is 0.0312. The monoisotopic (exact) mass is 301 g/mol. The van der Waals surface area contributed by atoms with Crippen LogP contribution in [0.25, 0.3) is 11.1 Å². The Labute approximate surface area is 131 Å². The van der Waals surface area contributed by atoms with Crippen molar-refractivity contribution in [2.45, 2.75) is 20.0 Å². The smallest absolute Gasteiger partial charge is 0.269 e. The highest BCUT2D eigenvalue weighted by Gasteiger charge is 2.15. The molecule has 0 aliphatic rings. The number of rotatable bonds is 4. The summed E-state index contributed by atoms with van der Waals surface area (Å²) in [4.78, 5) is 13.7. The highest BCUT2D eigenvalue weighted by Crippen LogP contribution is 2.29. The molecule has 2 aromatic rings. The Hall–Kier alpha value is -2.43. The Morgan fingerprint density at radius 2 is 1.86 bits per heavy atom. The fraction of sp³-hybridized carbons (Fsp3) is 0.353. The van der Waals surface area contributed by atoms with Crippen LogP contribution >= 0.6 is 0 Å². The van der Waals surface area contributed by atoms with Crippen LogP contribution in [0.2, 0.25) is 0 Å². The Morgan fingerprint density at radius 3 is 2.45 bits per heavy atom. The lowest BCUT2D eigenvalue weighted by molar-refractivity contribution is 0.0818. The van der Waals surface area contributed by atoms with E-state index in [2.05, 4.69) is 0 Å². The summed E-state index contributed by atoms with van der Waals surface area (Å²) in [6.07, 6.45) is 2.00. The number of amides is 1. The van der Waals surface area contributed by atoms with Gasteiger partial charge >= 0.3 is 0 Å². The fourth-order valence-electron chi connectivity index (χ4n) is 2.29. The van der Waals surface area contributed by atoms with Gasteiger partial charge in [0.05, 0.1) is 6.10 Å². The van der Waals surface area contributed by atoms with Crippen LogP contribution in [-0.4, -0.2) is 35.6 Å². The molecule has 118 valence electrons. The molecule has 0 aliphatic carbocycles. The molecule has 0 radical (unpaired) electrons. The molecule has 22 heavy (non-hydrogen) atoms. The summed E-state index contributed by atoms with van der Waals surface area (Å²) < 4.78 is 7.54. The van der Waals surface area contributed by atoms with E-state index >= 15 is 0 Å². The zero-order chi connectivity index (χ0) is 16.4. The van der Waals surface area contributed by atoms with Gasteiger partial charge in [0.25, 0.3) is 5.91 Å². The van der Waals surface area contributed by atoms with E-state index in [-0.39, 0.29) is 12.0 Å². The molecule has 0 spiro atoms. The van der Waals surface area contributed by atoms with Crippen molar-refractivity contribution in [1.29, 1.82) is 0 Å². The number of benzene rings is 1. The number of hydrogen-bond donors (Lipinski definition) is 1. The molecule has 1 amide bonds. The summed E-state index contributed by atoms with van der Waals surface area (Å²) in [6.45, 7) is 3.94. The Morgan fingerprint density at radius 1 is 1.18 bits per heavy atom. The lowest BCUT2D eigenvalue weighted by atomic mass is 10.1. The maximum atomic E-state index is 12.1. The summed E-state index contributed by atoms with van der Waals surface area (Å²) >= 11 is 0. The van der Waals surface area contributed by atoms with Gasteiger partial charge in [-0.3, -0.25) is 4.79 Å². The van der Waals surface area contributed by atoms with Gasteiger partial charge in [0.15, 0.2) is 0 Å². The first-order valence-corrected chi connectivity index (χ1v) is 7.23. The number of ether oxygens (including phenoxy) is 1. The van der Waals surface area contributed by atoms with Crippen molar-refractivity contribution in [2.75, 3.05) is 19.8 Å². The molecule has 0 bridgehead atoms. The number of nitrogens with zero attached hydrogens (tertiary/aromatic N) is 2. The van der Waals surface area contributed by atoms with Crippen LogP contribution in [0.3, 0.4) is 0 Å². The van der Waals surface area contributed by atoms with Crippen LogP contribution in [0.1, 0.15) is 24.3 Å². The van der Waals surface area contributed by atoms with Gasteiger partial charge in [-0.05, 0) is 37.6 Å². The summed E-state index contributed by atoms with van der Waals surface area (Å²) in [7, 11) is 5.34. The number of nitrogen functional groups attached to an aromatic ring is 1. The summed E-state index contributed by atoms with van der Waals surface area (Å²) in [6, 6.07) is 7.50. The lowest BCUT2D eigenvalue weighted by Gasteiger charge is -2.11. The van der Waals surface area contributed by atoms with Crippen LogP contribution < -0.4 is 10.5 Å². The largest absolute Gasteiger partial charge is 0.491 e. The van der Waals surface area contributed by atoms with Crippen LogP contribution in [-0.2, 0) is 7.05 Å². The molecule has 0 saturated heterocycles. The van der Waals surface area contributed by atoms with E-state index in [9.17, 15) is 4.79 Å². The van der Waals surface area contributed by atoms with E-state index in [1.165, 1.54) is 0 Å². The number of carbonyl (C=O) groups is 1. The van der Waals surface area contributed by atoms with Crippen molar-refractivity contribution in [2.24, 2.45) is 7.05 Å². The molecule has 1 aromatic heterocycles. The van der Waals surface area contributed by atoms with Crippen LogP contribution in [0.5, 0.6) is 5.75 Å². The van der Waals surface area contributed by atoms with Crippen molar-refractivity contribution in [3.05, 3.63) is 36.2 Å². The molecule has 0 fully saturated rings. The highest BCUT2D eigenvalue weighted by molar-refractivity contribution is 5.94. The van der Waals surface area contributed by atoms with Gasteiger partial charge in [-0.25, -0.2) is 0 Å². The molecule has 1 heterocycles. The van der Waals surface area contributed by atoms with Gasteiger partial charge in [0.1, 0.15) is 11.4 Å². The zero-order valence-corrected chi connectivity index (χ0v) is 13.8. The molecular formula is C17H23N3O2. The molecule has 5 nitrogen and oxygen atoms in total. The van der Waals surface area contributed by atoms with E-state index < -0.39 is 0 Å². The maximum absolute atomic E-state index is 12.1. The summed E-state index contributed by atoms with van der Waals surface area (Å²) in [5, 5.41) is 0. The second-order valence-electron chi connectivity index (χ2n) is 5.88. The number of hydrogen-bond acceptors (Lipinski definition) is 3. The number of aromatic nitrogens is 1. The van der Waals surface area contributed by atoms with Crippen LogP contribution in [0.15, 0.2) is 30.5 Å². The number of nitrogens with two attached hydrogens (primary N) is 1. The first kappa shape index (κ1) is 15.9. The molecule has 5 heteroatoms. The van der Waals surface area contributed by atoms with Gasteiger partial charge in [-0.2, -0.15) is 0 Å². The second kappa shape index (κ2) is 6.13. The van der Waals surface area contributed by atoms with Crippen LogP contribution in [0, 0.1) is 0 Å². The van der Waals surface area contributed by atoms with Crippen molar-refractivity contribution >= 4 is 11.6 Å². The molecular weight excluding hydrogens is 278 g/mol. The molecule has 2 rings (SSSR count). The van der Waals surface area contributed by atoms with Crippen LogP contribution in [0.4, 0.5) is 5.69 Å². The maximum Gasteiger partial charge on any atom is 0.269 e. The Bertz CT molecular complexity index is 687. The molecule has 0 saturated carbocycles. The predicted molar refractivity (Wildman–Crippen MR) is 89.0 cm³/mol. The van der Waals surface area contributed by atoms with Crippen molar-refractivity contribution in [3.63, 3.8) is 0 Å². The van der Waals surface area contributed by atoms with Gasteiger partial charge in [-0.1, -0.05) is 0 Å². The molecule has 1 aromatic carbocycles. The summed E-state index contributed by atoms with van der Waals surface area (Å²) in [5.41, 5.74) is 9.11. The Kier molecular flexibility index (Phi) is 4.45. The van der Waals surface area contributed by atoms with Crippen molar-refractivity contribution in [3.8, 4) is 16.9 Å². The number of anilines is 1. The second-order valence-corrected chi connectivity index (χ2v) is 5.88. The summed E-state index contributed by atoms with van der Waals surface area (Å²) in [5.74, 6) is 0.700. The molecule has 0 aliphatic heterocycles. The third-order valence-corrected chi connectivity index (χ3v) is 3.26. The topological polar surface area (TPSA) is 60.5 Å². The molecule has 0 unspecified atom stereocenters. The average molecular weight is 301 g/mol. The van der Waals surface area contributed by atoms with E-state index in [1.54, 1.807) is 25.1 Å². The lowest BCUT2D eigenvalue weighted by Crippen LogP contribution is -2.23. The molecule has 0 atom stereocenters. The van der Waals surface area contributed by atoms with Gasteiger partial charge in [-0.15, -0.1) is 0 Å². The minimum Gasteiger partial charge on any atom is -0.491 e. The van der Waals surface area contributed by atoms with Gasteiger partial charge < -0.3 is 19.9 Å². The third kappa shape index (κ3) is 3.42. The first-order chi connectivity index (χ1) is 10.3. The van der Waals surface area contributed by atoms with Gasteiger partial charge in [0, 0.05) is 44.7 Å². The SMILES string of the molecule is CC(C)Oc1cc(N)cc(-c2cc(C(=O)N(C)C)n(C)c2)c1. The fourth-order valence-corrected chi connectivity index (χ4v) is 2.29. The standard InChI is InChI=1S/C17H23N3O2/c1-11(2)22-15-7-12(6-14(18)9-15)13-8-16(20(5)10-13)17(21)19(3)4/h6-11H,18H2,1-5H3. The van der Waals surface area contributed by atoms with E-state index in [0.29, 0.717) is 11.4 Å². The quantitative estimate of drug-likeness (QED) is 0.883. The van der Waals surface area contributed by atoms with Gasteiger partial charge in [0.2, 0.25) is 0 Å². The number of aryl methyl sites for hydroxylation is 1. The average Bonchev–Trinajstić information content (AvgIpc) is 2.78. The van der Waals surface area contributed by atoms with Crippen molar-refractivity contribution < 1.29 is 9.53 Å². The third-order valence-electron chi connectivity index (χ3n) is 3.26. The minimum atomic E-state index is -0.0312.